The van der Waals surface area contributed by atoms with E-state index in [1.165, 1.54) is 114 Å². The highest BCUT2D eigenvalue weighted by molar-refractivity contribution is 5.60. The Kier molecular flexibility index (Phi) is 21.4. The summed E-state index contributed by atoms with van der Waals surface area (Å²) < 4.78 is 20.8. The summed E-state index contributed by atoms with van der Waals surface area (Å²) in [6, 6.07) is 21.4. The molecule has 4 aliphatic rings. The van der Waals surface area contributed by atoms with Crippen molar-refractivity contribution in [3.63, 3.8) is 0 Å². The van der Waals surface area contributed by atoms with Crippen LogP contribution in [0.1, 0.15) is 161 Å². The van der Waals surface area contributed by atoms with Crippen LogP contribution in [0.15, 0.2) is 73.0 Å². The molecule has 0 amide bonds. The highest BCUT2D eigenvalue weighted by Gasteiger charge is 2.65. The molecule has 4 fully saturated rings. The van der Waals surface area contributed by atoms with Crippen LogP contribution in [0.5, 0.6) is 0 Å². The van der Waals surface area contributed by atoms with Crippen LogP contribution in [0.4, 0.5) is 4.79 Å². The molecule has 0 aromatic heterocycles. The van der Waals surface area contributed by atoms with Crippen molar-refractivity contribution in [2.75, 3.05) is 26.9 Å². The highest BCUT2D eigenvalue weighted by atomic mass is 16.7. The zero-order chi connectivity index (χ0) is 39.1. The molecule has 54 heavy (non-hydrogen) atoms. The van der Waals surface area contributed by atoms with E-state index in [4.69, 9.17) is 19.3 Å². The molecule has 5 unspecified atom stereocenters. The average molecular weight is 750 g/mol. The quantitative estimate of drug-likeness (QED) is 0.0670. The number of hydrogen-bond acceptors (Lipinski definition) is 5. The Balaban J connectivity index is 0.000000252. The molecule has 2 N–H and O–H groups in total. The van der Waals surface area contributed by atoms with Crippen molar-refractivity contribution in [1.82, 2.24) is 0 Å². The maximum atomic E-state index is 11.3. The predicted octanol–water partition coefficient (Wildman–Crippen LogP) is 12.3. The third-order valence-electron chi connectivity index (χ3n) is 12.6. The number of hydrogen-bond donors (Lipinski definition) is 1. The summed E-state index contributed by atoms with van der Waals surface area (Å²) in [7, 11) is 1.00. The van der Waals surface area contributed by atoms with Crippen molar-refractivity contribution < 1.29 is 28.8 Å². The van der Waals surface area contributed by atoms with Gasteiger partial charge in [-0.1, -0.05) is 145 Å². The number of carbonyl (C=O) groups is 1. The summed E-state index contributed by atoms with van der Waals surface area (Å²) >= 11 is 0. The van der Waals surface area contributed by atoms with Crippen LogP contribution in [-0.2, 0) is 19.6 Å². The van der Waals surface area contributed by atoms with Gasteiger partial charge in [-0.25, -0.2) is 4.79 Å². The van der Waals surface area contributed by atoms with Crippen molar-refractivity contribution in [2.45, 2.75) is 167 Å². The van der Waals surface area contributed by atoms with Gasteiger partial charge in [0.1, 0.15) is 25.1 Å². The monoisotopic (exact) mass is 750 g/mol. The van der Waals surface area contributed by atoms with Gasteiger partial charge in [-0.05, 0) is 87.2 Å². The number of ether oxygens (including phenoxy) is 4. The molecule has 1 heterocycles. The first-order chi connectivity index (χ1) is 26.3. The predicted molar refractivity (Wildman–Crippen MR) is 224 cm³/mol. The summed E-state index contributed by atoms with van der Waals surface area (Å²) in [5.74, 6) is 2.82. The van der Waals surface area contributed by atoms with E-state index >= 15 is 0 Å². The first kappa shape index (κ1) is 45.6. The number of rotatable bonds is 19. The Labute approximate surface area is 329 Å². The van der Waals surface area contributed by atoms with E-state index < -0.39 is 6.16 Å². The molecule has 0 radical (unpaired) electrons. The highest BCUT2D eigenvalue weighted by Crippen LogP contribution is 2.72. The van der Waals surface area contributed by atoms with Crippen LogP contribution in [0.25, 0.3) is 0 Å². The van der Waals surface area contributed by atoms with E-state index in [1.807, 2.05) is 13.8 Å². The van der Waals surface area contributed by atoms with Gasteiger partial charge in [-0.15, -0.1) is 0 Å². The summed E-state index contributed by atoms with van der Waals surface area (Å²) in [5.41, 5.74) is 2.83. The van der Waals surface area contributed by atoms with Crippen molar-refractivity contribution in [3.05, 3.63) is 84.1 Å². The molecule has 1 spiro atoms. The minimum absolute atomic E-state index is 0.0465. The number of unbranched alkanes of at least 4 members (excludes halogenated alkanes) is 10. The Morgan fingerprint density at radius 3 is 1.80 bits per heavy atom. The fourth-order valence-corrected chi connectivity index (χ4v) is 8.82. The number of aliphatic hydroxyl groups excluding tert-OH is 1. The molecule has 3 aliphatic carbocycles. The van der Waals surface area contributed by atoms with Crippen LogP contribution in [0, 0.1) is 17.3 Å². The van der Waals surface area contributed by atoms with Crippen LogP contribution >= 0.6 is 0 Å². The largest absolute Gasteiger partial charge is 0.508 e. The molecule has 5 atom stereocenters. The molecule has 6 heteroatoms. The zero-order valence-corrected chi connectivity index (χ0v) is 34.9. The van der Waals surface area contributed by atoms with E-state index in [9.17, 15) is 4.79 Å². The van der Waals surface area contributed by atoms with Gasteiger partial charge in [-0.3, -0.25) is 0 Å². The van der Waals surface area contributed by atoms with Gasteiger partial charge in [0, 0.05) is 20.0 Å². The van der Waals surface area contributed by atoms with E-state index in [0.717, 1.165) is 57.2 Å². The minimum atomic E-state index is -0.517. The molecule has 3 saturated carbocycles. The third kappa shape index (κ3) is 13.7. The lowest BCUT2D eigenvalue weighted by Crippen LogP contribution is -2.53. The Bertz CT molecular complexity index is 1230. The number of carbonyl (C=O) groups excluding carboxylic acids is 1. The zero-order valence-electron chi connectivity index (χ0n) is 34.9. The lowest BCUT2D eigenvalue weighted by molar-refractivity contribution is -0.121. The van der Waals surface area contributed by atoms with Gasteiger partial charge in [0.25, 0.3) is 0 Å². The van der Waals surface area contributed by atoms with E-state index in [1.54, 1.807) is 0 Å². The summed E-state index contributed by atoms with van der Waals surface area (Å²) in [4.78, 5) is 11.3. The fraction of sp³-hybridized carbons (Fsp3) is 0.688. The third-order valence-corrected chi connectivity index (χ3v) is 12.6. The van der Waals surface area contributed by atoms with Gasteiger partial charge in [0.15, 0.2) is 0 Å². The SMILES string of the molecule is C1CC[OH+]C1.C=C(OC1CC2CC3CCC32C1)C(C)(c1ccccc1)c1ccccc1.CCCCCCCCCCCCCOC(=O)OC(C)CC.CO. The molecule has 2 aromatic rings. The van der Waals surface area contributed by atoms with Crippen LogP contribution in [-0.4, -0.2) is 55.1 Å². The van der Waals surface area contributed by atoms with Gasteiger partial charge < -0.3 is 24.1 Å². The Morgan fingerprint density at radius 2 is 1.37 bits per heavy atom. The van der Waals surface area contributed by atoms with E-state index in [-0.39, 0.29) is 11.5 Å². The van der Waals surface area contributed by atoms with Gasteiger partial charge >= 0.3 is 6.16 Å². The summed E-state index contributed by atoms with van der Waals surface area (Å²) in [6.45, 7) is 15.6. The van der Waals surface area contributed by atoms with Crippen molar-refractivity contribution in [3.8, 4) is 0 Å². The molecule has 2 aromatic carbocycles. The van der Waals surface area contributed by atoms with Crippen LogP contribution < -0.4 is 0 Å². The number of allylic oxidation sites excluding steroid dienone is 1. The topological polar surface area (TPSA) is 77.8 Å². The first-order valence-electron chi connectivity index (χ1n) is 21.7. The lowest BCUT2D eigenvalue weighted by Gasteiger charge is -2.61. The molecular formula is C48H77O6+. The van der Waals surface area contributed by atoms with Gasteiger partial charge in [0.05, 0.1) is 18.1 Å². The van der Waals surface area contributed by atoms with E-state index in [0.29, 0.717) is 18.1 Å². The molecule has 0 bridgehead atoms. The van der Waals surface area contributed by atoms with Crippen molar-refractivity contribution >= 4 is 6.16 Å². The van der Waals surface area contributed by atoms with Crippen molar-refractivity contribution in [2.24, 2.45) is 17.3 Å². The Hall–Kier alpha value is -2.83. The first-order valence-corrected chi connectivity index (χ1v) is 21.7. The second kappa shape index (κ2) is 25.4. The molecule has 6 rings (SSSR count). The second-order valence-corrected chi connectivity index (χ2v) is 16.2. The van der Waals surface area contributed by atoms with E-state index in [2.05, 4.69) is 85.8 Å². The molecule has 1 saturated heterocycles. The smallest absolute Gasteiger partial charge is 0.494 e. The maximum Gasteiger partial charge on any atom is 0.508 e. The normalized spacial score (nSPS) is 22.4. The molecule has 1 aliphatic heterocycles. The van der Waals surface area contributed by atoms with Gasteiger partial charge in [-0.2, -0.15) is 0 Å². The second-order valence-electron chi connectivity index (χ2n) is 16.2. The fourth-order valence-electron chi connectivity index (χ4n) is 8.82. The lowest BCUT2D eigenvalue weighted by atomic mass is 9.43. The number of aliphatic hydroxyl groups is 3. The molecule has 6 nitrogen and oxygen atoms in total. The number of benzene rings is 2. The Morgan fingerprint density at radius 1 is 0.833 bits per heavy atom. The standard InChI is InChI=1S/C25H28O.C18H36O3.C4H8O.CH4O/c1-18(26-23-16-22-15-21-13-14-25(21,22)17-23)24(2,19-9-5-3-6-10-19)20-11-7-4-8-12-20;1-4-6-7-8-9-10-11-12-13-14-15-16-20-18(19)21-17(3)5-2;1-2-4-5-3-1;1-2/h3-12,21-23H,1,13-17H2,2H3;17H,4-16H2,1-3H3;1-4H2;2H,1H3/p+1. The van der Waals surface area contributed by atoms with Crippen molar-refractivity contribution in [1.29, 1.82) is 0 Å². The molecule has 304 valence electrons. The van der Waals surface area contributed by atoms with Crippen LogP contribution in [0.2, 0.25) is 0 Å². The maximum absolute atomic E-state index is 11.3. The molecular weight excluding hydrogens is 673 g/mol. The van der Waals surface area contributed by atoms with Crippen LogP contribution in [0.3, 0.4) is 0 Å². The average Bonchev–Trinajstić information content (AvgIpc) is 3.91. The van der Waals surface area contributed by atoms with Gasteiger partial charge in [0.2, 0.25) is 0 Å². The summed E-state index contributed by atoms with van der Waals surface area (Å²) in [6.07, 6.45) is 24.4. The minimum Gasteiger partial charge on any atom is -0.494 e. The summed E-state index contributed by atoms with van der Waals surface area (Å²) in [5, 5.41) is 7.00.